The van der Waals surface area contributed by atoms with Crippen molar-refractivity contribution < 1.29 is 22.3 Å². The van der Waals surface area contributed by atoms with E-state index in [4.69, 9.17) is 0 Å². The monoisotopic (exact) mass is 336 g/mol. The lowest BCUT2D eigenvalue weighted by Crippen LogP contribution is -2.21. The van der Waals surface area contributed by atoms with Gasteiger partial charge in [0.15, 0.2) is 0 Å². The Kier molecular flexibility index (Phi) is 5.44. The Morgan fingerprint density at radius 1 is 1.36 bits per heavy atom. The highest BCUT2D eigenvalue weighted by atomic mass is 32.2. The molecule has 0 aliphatic carbocycles. The van der Waals surface area contributed by atoms with Crippen LogP contribution in [0.5, 0.6) is 0 Å². The average molecular weight is 336 g/mol. The van der Waals surface area contributed by atoms with Crippen molar-refractivity contribution in [3.05, 3.63) is 39.2 Å². The first-order valence-corrected chi connectivity index (χ1v) is 7.29. The fourth-order valence-corrected chi connectivity index (χ4v) is 2.09. The highest BCUT2D eigenvalue weighted by molar-refractivity contribution is 7.85. The Morgan fingerprint density at radius 3 is 2.32 bits per heavy atom. The predicted molar refractivity (Wildman–Crippen MR) is 78.1 cm³/mol. The smallest absolute Gasteiger partial charge is 0.258 e. The number of alkyl halides is 2. The van der Waals surface area contributed by atoms with E-state index in [2.05, 4.69) is 4.40 Å². The van der Waals surface area contributed by atoms with Gasteiger partial charge in [0, 0.05) is 17.7 Å². The summed E-state index contributed by atoms with van der Waals surface area (Å²) in [6, 6.07) is 1.29. The van der Waals surface area contributed by atoms with Crippen LogP contribution in [0.4, 0.5) is 18.9 Å². The summed E-state index contributed by atoms with van der Waals surface area (Å²) in [6.45, 7) is 6.16. The molecule has 1 unspecified atom stereocenters. The summed E-state index contributed by atoms with van der Waals surface area (Å²) in [4.78, 5) is 9.88. The number of non-ortho nitro benzene ring substituents is 1. The molecule has 22 heavy (non-hydrogen) atoms. The van der Waals surface area contributed by atoms with Crippen LogP contribution in [0.25, 0.3) is 0 Å². The molecule has 1 aromatic carbocycles. The second kappa shape index (κ2) is 6.55. The largest absolute Gasteiger partial charge is 0.270 e. The van der Waals surface area contributed by atoms with Crippen LogP contribution in [0.15, 0.2) is 16.5 Å². The topological polar surface area (TPSA) is 72.6 Å². The van der Waals surface area contributed by atoms with Crippen molar-refractivity contribution in [1.29, 1.82) is 0 Å². The molecule has 0 spiro atoms. The van der Waals surface area contributed by atoms with E-state index in [0.717, 1.165) is 6.07 Å². The molecule has 0 aliphatic heterocycles. The van der Waals surface area contributed by atoms with E-state index >= 15 is 0 Å². The van der Waals surface area contributed by atoms with E-state index in [9.17, 15) is 27.5 Å². The van der Waals surface area contributed by atoms with Crippen LogP contribution in [-0.4, -0.2) is 19.6 Å². The van der Waals surface area contributed by atoms with Gasteiger partial charge in [0.1, 0.15) is 16.8 Å². The fourth-order valence-electron chi connectivity index (χ4n) is 1.47. The maximum absolute atomic E-state index is 14.1. The minimum absolute atomic E-state index is 0.142. The maximum Gasteiger partial charge on any atom is 0.270 e. The van der Waals surface area contributed by atoms with Gasteiger partial charge in [0.25, 0.3) is 12.1 Å². The number of nitrogens with zero attached hydrogens (tertiary/aromatic N) is 2. The number of rotatable bonds is 4. The highest BCUT2D eigenvalue weighted by Crippen LogP contribution is 2.29. The first-order chi connectivity index (χ1) is 9.95. The second-order valence-corrected chi connectivity index (χ2v) is 7.40. The molecule has 0 aromatic heterocycles. The summed E-state index contributed by atoms with van der Waals surface area (Å²) in [6.07, 6.45) is -3.21. The number of nitro benzene ring substituents is 1. The third-order valence-electron chi connectivity index (χ3n) is 2.66. The first-order valence-electron chi connectivity index (χ1n) is 6.18. The first kappa shape index (κ1) is 18.3. The number of benzene rings is 1. The van der Waals surface area contributed by atoms with Gasteiger partial charge >= 0.3 is 0 Å². The summed E-state index contributed by atoms with van der Waals surface area (Å²) >= 11 is 0. The minimum atomic E-state index is -3.21. The SMILES string of the molecule is CC(=NS(=O)C(C)(C)C)c1cc([N+](=O)[O-])cc(C(F)F)c1F. The van der Waals surface area contributed by atoms with E-state index in [1.807, 2.05) is 0 Å². The van der Waals surface area contributed by atoms with Gasteiger partial charge in [-0.3, -0.25) is 10.1 Å². The van der Waals surface area contributed by atoms with E-state index in [1.54, 1.807) is 20.8 Å². The molecule has 1 aromatic rings. The van der Waals surface area contributed by atoms with Crippen molar-refractivity contribution in [3.63, 3.8) is 0 Å². The molecule has 0 aliphatic rings. The quantitative estimate of drug-likeness (QED) is 0.475. The third-order valence-corrected chi connectivity index (χ3v) is 4.15. The lowest BCUT2D eigenvalue weighted by Gasteiger charge is -2.14. The summed E-state index contributed by atoms with van der Waals surface area (Å²) in [5.41, 5.74) is -2.36. The normalized spacial score (nSPS) is 14.3. The predicted octanol–water partition coefficient (Wildman–Crippen LogP) is 3.94. The molecule has 0 saturated carbocycles. The van der Waals surface area contributed by atoms with Crippen LogP contribution >= 0.6 is 0 Å². The molecule has 9 heteroatoms. The molecule has 1 atom stereocenters. The highest BCUT2D eigenvalue weighted by Gasteiger charge is 2.25. The zero-order valence-corrected chi connectivity index (χ0v) is 13.2. The van der Waals surface area contributed by atoms with Gasteiger partial charge in [-0.05, 0) is 27.7 Å². The maximum atomic E-state index is 14.1. The molecule has 0 heterocycles. The molecular formula is C13H15F3N2O3S. The van der Waals surface area contributed by atoms with Gasteiger partial charge in [-0.2, -0.15) is 4.40 Å². The van der Waals surface area contributed by atoms with Crippen LogP contribution in [0.3, 0.4) is 0 Å². The van der Waals surface area contributed by atoms with Gasteiger partial charge in [-0.15, -0.1) is 0 Å². The number of hydrogen-bond donors (Lipinski definition) is 0. The van der Waals surface area contributed by atoms with Crippen molar-refractivity contribution in [2.75, 3.05) is 0 Å². The molecule has 0 fully saturated rings. The third kappa shape index (κ3) is 4.12. The van der Waals surface area contributed by atoms with E-state index in [1.165, 1.54) is 6.92 Å². The van der Waals surface area contributed by atoms with Crippen LogP contribution in [0, 0.1) is 15.9 Å². The number of nitro groups is 1. The molecule has 122 valence electrons. The molecule has 0 bridgehead atoms. The van der Waals surface area contributed by atoms with E-state index < -0.39 is 49.7 Å². The Morgan fingerprint density at radius 2 is 1.91 bits per heavy atom. The molecule has 0 amide bonds. The number of hydrogen-bond acceptors (Lipinski definition) is 3. The lowest BCUT2D eigenvalue weighted by atomic mass is 10.1. The Labute approximate surface area is 128 Å². The second-order valence-electron chi connectivity index (χ2n) is 5.49. The molecule has 0 saturated heterocycles. The van der Waals surface area contributed by atoms with E-state index in [0.29, 0.717) is 6.07 Å². The molecule has 0 radical (unpaired) electrons. The Hall–Kier alpha value is -1.77. The van der Waals surface area contributed by atoms with Gasteiger partial charge in [0.2, 0.25) is 0 Å². The standard InChI is InChI=1S/C13H15F3N2O3S/c1-7(17-22(21)13(2,3)4)9-5-8(18(19)20)6-10(11(9)14)12(15)16/h5-6,12H,1-4H3. The summed E-state index contributed by atoms with van der Waals surface area (Å²) in [5.74, 6) is -1.30. The van der Waals surface area contributed by atoms with Crippen molar-refractivity contribution in [2.24, 2.45) is 4.40 Å². The zero-order chi connectivity index (χ0) is 17.2. The Bertz CT molecular complexity index is 655. The van der Waals surface area contributed by atoms with Gasteiger partial charge in [-0.25, -0.2) is 17.4 Å². The van der Waals surface area contributed by atoms with Crippen molar-refractivity contribution in [2.45, 2.75) is 38.9 Å². The van der Waals surface area contributed by atoms with Gasteiger partial charge in [-0.1, -0.05) is 0 Å². The van der Waals surface area contributed by atoms with Crippen LogP contribution in [-0.2, 0) is 11.0 Å². The van der Waals surface area contributed by atoms with Gasteiger partial charge in [0.05, 0.1) is 20.9 Å². The summed E-state index contributed by atoms with van der Waals surface area (Å²) in [7, 11) is -1.75. The average Bonchev–Trinajstić information content (AvgIpc) is 2.36. The van der Waals surface area contributed by atoms with E-state index in [-0.39, 0.29) is 5.71 Å². The summed E-state index contributed by atoms with van der Waals surface area (Å²) in [5, 5.41) is 10.8. The Balaban J connectivity index is 3.49. The number of halogens is 3. The van der Waals surface area contributed by atoms with Gasteiger partial charge < -0.3 is 0 Å². The van der Waals surface area contributed by atoms with Crippen molar-refractivity contribution in [3.8, 4) is 0 Å². The van der Waals surface area contributed by atoms with Crippen LogP contribution in [0.1, 0.15) is 45.2 Å². The van der Waals surface area contributed by atoms with Crippen molar-refractivity contribution >= 4 is 22.4 Å². The van der Waals surface area contributed by atoms with Crippen molar-refractivity contribution in [1.82, 2.24) is 0 Å². The molecule has 0 N–H and O–H groups in total. The fraction of sp³-hybridized carbons (Fsp3) is 0.462. The zero-order valence-electron chi connectivity index (χ0n) is 12.4. The molecule has 1 rings (SSSR count). The van der Waals surface area contributed by atoms with Crippen LogP contribution in [0.2, 0.25) is 0 Å². The van der Waals surface area contributed by atoms with Crippen LogP contribution < -0.4 is 0 Å². The summed E-state index contributed by atoms with van der Waals surface area (Å²) < 4.78 is 54.6. The minimum Gasteiger partial charge on any atom is -0.258 e. The molecule has 5 nitrogen and oxygen atoms in total. The lowest BCUT2D eigenvalue weighted by molar-refractivity contribution is -0.385. The molecular weight excluding hydrogens is 321 g/mol.